The van der Waals surface area contributed by atoms with E-state index in [1.54, 1.807) is 53.6 Å². The quantitative estimate of drug-likeness (QED) is 0.824. The minimum Gasteiger partial charge on any atom is -0.495 e. The number of hydrogen-bond donors (Lipinski definition) is 0. The molecule has 2 aromatic rings. The summed E-state index contributed by atoms with van der Waals surface area (Å²) in [5.41, 5.74) is 1.46. The topological polar surface area (TPSA) is 62.7 Å². The second-order valence-electron chi connectivity index (χ2n) is 6.05. The summed E-state index contributed by atoms with van der Waals surface area (Å²) in [6.45, 7) is 2.10. The van der Waals surface area contributed by atoms with Gasteiger partial charge in [-0.2, -0.15) is 0 Å². The van der Waals surface area contributed by atoms with Gasteiger partial charge < -0.3 is 14.5 Å². The SMILES string of the molecule is COc1ccc(CC(=O)N2CCN(C(=O)c3ccncc3)CC2)cc1Cl. The van der Waals surface area contributed by atoms with Crippen molar-refractivity contribution in [1.82, 2.24) is 14.8 Å². The van der Waals surface area contributed by atoms with Gasteiger partial charge in [-0.05, 0) is 29.8 Å². The van der Waals surface area contributed by atoms with E-state index >= 15 is 0 Å². The first-order valence-electron chi connectivity index (χ1n) is 8.38. The maximum absolute atomic E-state index is 12.5. The van der Waals surface area contributed by atoms with Crippen LogP contribution in [0.4, 0.5) is 0 Å². The minimum atomic E-state index is -0.0264. The number of benzene rings is 1. The molecule has 0 spiro atoms. The number of methoxy groups -OCH3 is 1. The molecule has 1 aliphatic heterocycles. The third kappa shape index (κ3) is 4.14. The smallest absolute Gasteiger partial charge is 0.254 e. The Morgan fingerprint density at radius 3 is 2.35 bits per heavy atom. The molecular formula is C19H20ClN3O3. The Hall–Kier alpha value is -2.60. The van der Waals surface area contributed by atoms with Gasteiger partial charge in [-0.25, -0.2) is 0 Å². The van der Waals surface area contributed by atoms with Crippen molar-refractivity contribution in [2.24, 2.45) is 0 Å². The normalized spacial score (nSPS) is 14.2. The van der Waals surface area contributed by atoms with Crippen LogP contribution in [0.5, 0.6) is 5.75 Å². The van der Waals surface area contributed by atoms with Gasteiger partial charge in [-0.15, -0.1) is 0 Å². The Kier molecular flexibility index (Phi) is 5.73. The first kappa shape index (κ1) is 18.2. The first-order valence-corrected chi connectivity index (χ1v) is 8.76. The van der Waals surface area contributed by atoms with E-state index in [0.29, 0.717) is 42.5 Å². The molecule has 7 heteroatoms. The number of halogens is 1. The third-order valence-corrected chi connectivity index (χ3v) is 4.71. The second kappa shape index (κ2) is 8.19. The summed E-state index contributed by atoms with van der Waals surface area (Å²) < 4.78 is 5.12. The fourth-order valence-corrected chi connectivity index (χ4v) is 3.22. The third-order valence-electron chi connectivity index (χ3n) is 4.42. The lowest BCUT2D eigenvalue weighted by molar-refractivity contribution is -0.131. The predicted octanol–water partition coefficient (Wildman–Crippen LogP) is 2.27. The monoisotopic (exact) mass is 373 g/mol. The predicted molar refractivity (Wildman–Crippen MR) is 98.4 cm³/mol. The molecule has 1 fully saturated rings. The molecule has 1 aliphatic rings. The molecule has 0 N–H and O–H groups in total. The fraction of sp³-hybridized carbons (Fsp3) is 0.316. The number of carbonyl (C=O) groups excluding carboxylic acids is 2. The van der Waals surface area contributed by atoms with Crippen molar-refractivity contribution in [1.29, 1.82) is 0 Å². The van der Waals surface area contributed by atoms with Crippen molar-refractivity contribution >= 4 is 23.4 Å². The highest BCUT2D eigenvalue weighted by Gasteiger charge is 2.24. The summed E-state index contributed by atoms with van der Waals surface area (Å²) in [6.07, 6.45) is 3.49. The highest BCUT2D eigenvalue weighted by molar-refractivity contribution is 6.32. The van der Waals surface area contributed by atoms with E-state index in [1.165, 1.54) is 0 Å². The van der Waals surface area contributed by atoms with E-state index in [4.69, 9.17) is 16.3 Å². The van der Waals surface area contributed by atoms with E-state index in [0.717, 1.165) is 5.56 Å². The Balaban J connectivity index is 1.55. The summed E-state index contributed by atoms with van der Waals surface area (Å²) in [4.78, 5) is 32.4. The van der Waals surface area contributed by atoms with Crippen molar-refractivity contribution in [2.75, 3.05) is 33.3 Å². The first-order chi connectivity index (χ1) is 12.6. The summed E-state index contributed by atoms with van der Waals surface area (Å²) in [7, 11) is 1.55. The van der Waals surface area contributed by atoms with Gasteiger partial charge in [0.25, 0.3) is 5.91 Å². The molecule has 0 unspecified atom stereocenters. The van der Waals surface area contributed by atoms with Crippen LogP contribution in [-0.4, -0.2) is 59.9 Å². The number of amides is 2. The van der Waals surface area contributed by atoms with Gasteiger partial charge in [-0.3, -0.25) is 14.6 Å². The molecule has 0 bridgehead atoms. The second-order valence-corrected chi connectivity index (χ2v) is 6.46. The Bertz CT molecular complexity index is 790. The lowest BCUT2D eigenvalue weighted by Gasteiger charge is -2.35. The molecular weight excluding hydrogens is 354 g/mol. The van der Waals surface area contributed by atoms with E-state index < -0.39 is 0 Å². The molecule has 1 aromatic heterocycles. The summed E-state index contributed by atoms with van der Waals surface area (Å²) in [5.74, 6) is 0.592. The van der Waals surface area contributed by atoms with Crippen molar-refractivity contribution in [3.05, 3.63) is 58.9 Å². The number of nitrogens with zero attached hydrogens (tertiary/aromatic N) is 3. The Labute approximate surface area is 157 Å². The maximum Gasteiger partial charge on any atom is 0.254 e. The van der Waals surface area contributed by atoms with Crippen LogP contribution in [0, 0.1) is 0 Å². The molecule has 3 rings (SSSR count). The van der Waals surface area contributed by atoms with E-state index in [9.17, 15) is 9.59 Å². The lowest BCUT2D eigenvalue weighted by Crippen LogP contribution is -2.51. The van der Waals surface area contributed by atoms with Crippen LogP contribution in [0.25, 0.3) is 0 Å². The van der Waals surface area contributed by atoms with Gasteiger partial charge >= 0.3 is 0 Å². The van der Waals surface area contributed by atoms with Gasteiger partial charge in [-0.1, -0.05) is 17.7 Å². The molecule has 1 saturated heterocycles. The molecule has 1 aromatic carbocycles. The Morgan fingerprint density at radius 1 is 1.08 bits per heavy atom. The highest BCUT2D eigenvalue weighted by atomic mass is 35.5. The van der Waals surface area contributed by atoms with Gasteiger partial charge in [0.2, 0.25) is 5.91 Å². The van der Waals surface area contributed by atoms with Crippen LogP contribution in [0.2, 0.25) is 5.02 Å². The van der Waals surface area contributed by atoms with Crippen LogP contribution in [0.15, 0.2) is 42.7 Å². The molecule has 6 nitrogen and oxygen atoms in total. The molecule has 136 valence electrons. The molecule has 0 aliphatic carbocycles. The van der Waals surface area contributed by atoms with Crippen LogP contribution >= 0.6 is 11.6 Å². The number of rotatable bonds is 4. The average Bonchev–Trinajstić information content (AvgIpc) is 2.68. The van der Waals surface area contributed by atoms with Gasteiger partial charge in [0.05, 0.1) is 18.6 Å². The molecule has 0 saturated carbocycles. The summed E-state index contributed by atoms with van der Waals surface area (Å²) in [5, 5.41) is 0.491. The van der Waals surface area contributed by atoms with Gasteiger partial charge in [0.1, 0.15) is 5.75 Å². The zero-order valence-electron chi connectivity index (χ0n) is 14.5. The van der Waals surface area contributed by atoms with E-state index in [-0.39, 0.29) is 18.2 Å². The van der Waals surface area contributed by atoms with Crippen LogP contribution in [0.1, 0.15) is 15.9 Å². The fourth-order valence-electron chi connectivity index (χ4n) is 2.94. The largest absolute Gasteiger partial charge is 0.495 e. The number of ether oxygens (including phenoxy) is 1. The molecule has 0 radical (unpaired) electrons. The standard InChI is InChI=1S/C19H20ClN3O3/c1-26-17-3-2-14(12-16(17)20)13-18(24)22-8-10-23(11-9-22)19(25)15-4-6-21-7-5-15/h2-7,12H,8-11,13H2,1H3. The summed E-state index contributed by atoms with van der Waals surface area (Å²) in [6, 6.07) is 8.75. The number of hydrogen-bond acceptors (Lipinski definition) is 4. The number of piperazine rings is 1. The van der Waals surface area contributed by atoms with Gasteiger partial charge in [0.15, 0.2) is 0 Å². The summed E-state index contributed by atoms with van der Waals surface area (Å²) >= 11 is 6.11. The number of carbonyl (C=O) groups is 2. The zero-order chi connectivity index (χ0) is 18.5. The lowest BCUT2D eigenvalue weighted by atomic mass is 10.1. The van der Waals surface area contributed by atoms with Crippen molar-refractivity contribution in [3.8, 4) is 5.75 Å². The number of aromatic nitrogens is 1. The molecule has 2 heterocycles. The zero-order valence-corrected chi connectivity index (χ0v) is 15.3. The van der Waals surface area contributed by atoms with Crippen molar-refractivity contribution in [3.63, 3.8) is 0 Å². The van der Waals surface area contributed by atoms with Crippen LogP contribution in [-0.2, 0) is 11.2 Å². The Morgan fingerprint density at radius 2 is 1.73 bits per heavy atom. The van der Waals surface area contributed by atoms with Crippen molar-refractivity contribution in [2.45, 2.75) is 6.42 Å². The van der Waals surface area contributed by atoms with E-state index in [2.05, 4.69) is 4.98 Å². The van der Waals surface area contributed by atoms with Crippen LogP contribution < -0.4 is 4.74 Å². The average molecular weight is 374 g/mol. The molecule has 0 atom stereocenters. The van der Waals surface area contributed by atoms with Gasteiger partial charge in [0, 0.05) is 44.1 Å². The molecule has 2 amide bonds. The molecule has 26 heavy (non-hydrogen) atoms. The van der Waals surface area contributed by atoms with Crippen molar-refractivity contribution < 1.29 is 14.3 Å². The minimum absolute atomic E-state index is 0.0264. The highest BCUT2D eigenvalue weighted by Crippen LogP contribution is 2.25. The van der Waals surface area contributed by atoms with E-state index in [1.807, 2.05) is 6.07 Å². The maximum atomic E-state index is 12.5. The van der Waals surface area contributed by atoms with Crippen LogP contribution in [0.3, 0.4) is 0 Å². The number of pyridine rings is 1.